The molecule has 1 aliphatic rings. The lowest BCUT2D eigenvalue weighted by Gasteiger charge is -2.19. The molecule has 7 heteroatoms. The molecule has 0 unspecified atom stereocenters. The van der Waals surface area contributed by atoms with Crippen LogP contribution in [0, 0.1) is 0 Å². The average Bonchev–Trinajstić information content (AvgIpc) is 3.17. The molecule has 1 aliphatic heterocycles. The highest BCUT2D eigenvalue weighted by atomic mass is 32.2. The Bertz CT molecular complexity index is 1310. The highest BCUT2D eigenvalue weighted by Gasteiger charge is 2.26. The lowest BCUT2D eigenvalue weighted by molar-refractivity contribution is -0.117. The van der Waals surface area contributed by atoms with E-state index in [9.17, 15) is 4.79 Å². The Balaban J connectivity index is 1.40. The first-order valence-electron chi connectivity index (χ1n) is 10.2. The molecule has 0 radical (unpaired) electrons. The van der Waals surface area contributed by atoms with Gasteiger partial charge in [0.25, 0.3) is 0 Å². The highest BCUT2D eigenvalue weighted by Crippen LogP contribution is 2.34. The number of carbonyl (C=O) groups excluding carboxylic acids is 1. The summed E-state index contributed by atoms with van der Waals surface area (Å²) in [5.74, 6) is 0.525. The lowest BCUT2D eigenvalue weighted by Crippen LogP contribution is -2.38. The number of hydrogen-bond donors (Lipinski definition) is 1. The number of fused-ring (bicyclic) bond motifs is 2. The van der Waals surface area contributed by atoms with Crippen molar-refractivity contribution in [2.45, 2.75) is 17.2 Å². The van der Waals surface area contributed by atoms with Gasteiger partial charge in [0.15, 0.2) is 4.34 Å². The fourth-order valence-electron chi connectivity index (χ4n) is 3.66. The molecule has 0 saturated carbocycles. The van der Waals surface area contributed by atoms with E-state index in [1.165, 1.54) is 11.8 Å². The van der Waals surface area contributed by atoms with Gasteiger partial charge in [0.2, 0.25) is 5.91 Å². The third kappa shape index (κ3) is 4.35. The Morgan fingerprint density at radius 3 is 2.41 bits per heavy atom. The van der Waals surface area contributed by atoms with Crippen LogP contribution in [-0.4, -0.2) is 28.2 Å². The van der Waals surface area contributed by atoms with Crippen molar-refractivity contribution < 1.29 is 4.79 Å². The molecule has 1 N–H and O–H groups in total. The van der Waals surface area contributed by atoms with Crippen LogP contribution in [0.4, 0.5) is 11.4 Å². The zero-order valence-corrected chi connectivity index (χ0v) is 19.0. The SMILES string of the molecule is CC1=Nc2ccccc2N=C(NC(=O)CSc2nc3ccccc3s2)[C@H]1c1ccccc1. The predicted octanol–water partition coefficient (Wildman–Crippen LogP) is 6.12. The summed E-state index contributed by atoms with van der Waals surface area (Å²) in [5, 5.41) is 3.07. The monoisotopic (exact) mass is 456 g/mol. The molecule has 5 rings (SSSR count). The molecular weight excluding hydrogens is 436 g/mol. The van der Waals surface area contributed by atoms with Gasteiger partial charge in [0.05, 0.1) is 33.3 Å². The van der Waals surface area contributed by atoms with Crippen molar-refractivity contribution in [3.05, 3.63) is 84.4 Å². The van der Waals surface area contributed by atoms with Crippen LogP contribution < -0.4 is 5.32 Å². The summed E-state index contributed by atoms with van der Waals surface area (Å²) >= 11 is 3.04. The summed E-state index contributed by atoms with van der Waals surface area (Å²) in [4.78, 5) is 27.2. The first-order valence-corrected chi connectivity index (χ1v) is 12.0. The minimum absolute atomic E-state index is 0.110. The molecule has 1 aromatic heterocycles. The maximum absolute atomic E-state index is 12.9. The quantitative estimate of drug-likeness (QED) is 0.376. The van der Waals surface area contributed by atoms with E-state index in [0.717, 1.165) is 37.2 Å². The van der Waals surface area contributed by atoms with Crippen LogP contribution >= 0.6 is 23.1 Å². The molecule has 5 nitrogen and oxygen atoms in total. The molecule has 1 amide bonds. The maximum Gasteiger partial charge on any atom is 0.235 e. The van der Waals surface area contributed by atoms with Crippen molar-refractivity contribution in [3.63, 3.8) is 0 Å². The normalized spacial score (nSPS) is 15.5. The van der Waals surface area contributed by atoms with Gasteiger partial charge in [-0.15, -0.1) is 11.3 Å². The van der Waals surface area contributed by atoms with E-state index in [-0.39, 0.29) is 17.6 Å². The molecule has 0 saturated heterocycles. The smallest absolute Gasteiger partial charge is 0.235 e. The summed E-state index contributed by atoms with van der Waals surface area (Å²) in [6, 6.07) is 25.8. The second-order valence-electron chi connectivity index (χ2n) is 7.37. The number of nitrogens with zero attached hydrogens (tertiary/aromatic N) is 3. The van der Waals surface area contributed by atoms with Gasteiger partial charge in [-0.2, -0.15) is 0 Å². The van der Waals surface area contributed by atoms with Gasteiger partial charge in [0, 0.05) is 5.71 Å². The van der Waals surface area contributed by atoms with Gasteiger partial charge in [-0.3, -0.25) is 9.79 Å². The standard InChI is InChI=1S/C25H20N4OS2/c1-16-23(17-9-3-2-4-10-17)24(27-19-12-6-5-11-18(19)26-16)29-22(30)15-31-25-28-20-13-7-8-14-21(20)32-25/h2-14,23H,15H2,1H3,(H,27,29,30)/t23-/m1/s1. The molecule has 1 atom stereocenters. The fraction of sp³-hybridized carbons (Fsp3) is 0.120. The van der Waals surface area contributed by atoms with Gasteiger partial charge in [-0.1, -0.05) is 66.4 Å². The van der Waals surface area contributed by atoms with Crippen LogP contribution in [0.2, 0.25) is 0 Å². The summed E-state index contributed by atoms with van der Waals surface area (Å²) in [6.07, 6.45) is 0. The zero-order valence-electron chi connectivity index (χ0n) is 17.4. The van der Waals surface area contributed by atoms with Crippen LogP contribution in [0.5, 0.6) is 0 Å². The number of hydrogen-bond acceptors (Lipinski definition) is 6. The van der Waals surface area contributed by atoms with E-state index in [0.29, 0.717) is 5.84 Å². The molecule has 2 heterocycles. The lowest BCUT2D eigenvalue weighted by atomic mass is 9.93. The summed E-state index contributed by atoms with van der Waals surface area (Å²) < 4.78 is 2.00. The summed E-state index contributed by atoms with van der Waals surface area (Å²) in [6.45, 7) is 1.98. The Hall–Kier alpha value is -3.29. The minimum atomic E-state index is -0.222. The van der Waals surface area contributed by atoms with Gasteiger partial charge in [0.1, 0.15) is 5.84 Å². The number of thiazole rings is 1. The predicted molar refractivity (Wildman–Crippen MR) is 134 cm³/mol. The van der Waals surface area contributed by atoms with Gasteiger partial charge in [-0.05, 0) is 36.8 Å². The van der Waals surface area contributed by atoms with Crippen LogP contribution in [0.25, 0.3) is 10.2 Å². The number of aliphatic imine (C=N–C) groups is 2. The second-order valence-corrected chi connectivity index (χ2v) is 9.62. The summed E-state index contributed by atoms with van der Waals surface area (Å²) in [7, 11) is 0. The molecule has 0 bridgehead atoms. The van der Waals surface area contributed by atoms with Crippen LogP contribution in [0.3, 0.4) is 0 Å². The Morgan fingerprint density at radius 1 is 0.938 bits per heavy atom. The van der Waals surface area contributed by atoms with Crippen molar-refractivity contribution in [3.8, 4) is 0 Å². The van der Waals surface area contributed by atoms with E-state index in [2.05, 4.69) is 10.3 Å². The number of thioether (sulfide) groups is 1. The van der Waals surface area contributed by atoms with Crippen molar-refractivity contribution in [2.75, 3.05) is 5.75 Å². The van der Waals surface area contributed by atoms with E-state index in [4.69, 9.17) is 9.98 Å². The van der Waals surface area contributed by atoms with Gasteiger partial charge >= 0.3 is 0 Å². The highest BCUT2D eigenvalue weighted by molar-refractivity contribution is 8.01. The summed E-state index contributed by atoms with van der Waals surface area (Å²) in [5.41, 5.74) is 4.44. The number of benzene rings is 3. The Kier molecular flexibility index (Phi) is 5.83. The zero-order chi connectivity index (χ0) is 21.9. The number of nitrogens with one attached hydrogen (secondary N) is 1. The Morgan fingerprint density at radius 2 is 1.62 bits per heavy atom. The number of carbonyl (C=O) groups is 1. The minimum Gasteiger partial charge on any atom is -0.313 e. The molecule has 0 spiro atoms. The molecular formula is C25H20N4OS2. The molecule has 4 aromatic rings. The Labute approximate surface area is 194 Å². The third-order valence-electron chi connectivity index (χ3n) is 5.11. The second kappa shape index (κ2) is 9.06. The first-order chi connectivity index (χ1) is 15.7. The molecule has 0 fully saturated rings. The van der Waals surface area contributed by atoms with Crippen molar-refractivity contribution in [1.29, 1.82) is 0 Å². The largest absolute Gasteiger partial charge is 0.313 e. The van der Waals surface area contributed by atoms with Crippen LogP contribution in [0.1, 0.15) is 18.4 Å². The number of aromatic nitrogens is 1. The first kappa shape index (κ1) is 20.6. The third-order valence-corrected chi connectivity index (χ3v) is 7.29. The number of para-hydroxylation sites is 3. The maximum atomic E-state index is 12.9. The molecule has 3 aromatic carbocycles. The van der Waals surface area contributed by atoms with E-state index >= 15 is 0 Å². The number of rotatable bonds is 4. The molecule has 0 aliphatic carbocycles. The van der Waals surface area contributed by atoms with E-state index in [1.807, 2.05) is 85.8 Å². The topological polar surface area (TPSA) is 66.7 Å². The van der Waals surface area contributed by atoms with Gasteiger partial charge in [-0.25, -0.2) is 9.98 Å². The van der Waals surface area contributed by atoms with Crippen molar-refractivity contribution >= 4 is 62.1 Å². The van der Waals surface area contributed by atoms with Crippen LogP contribution in [0.15, 0.2) is 93.2 Å². The van der Waals surface area contributed by atoms with Gasteiger partial charge < -0.3 is 5.32 Å². The van der Waals surface area contributed by atoms with Crippen molar-refractivity contribution in [1.82, 2.24) is 10.3 Å². The number of amidine groups is 1. The van der Waals surface area contributed by atoms with Crippen molar-refractivity contribution in [2.24, 2.45) is 9.98 Å². The number of amides is 1. The van der Waals surface area contributed by atoms with Crippen LogP contribution in [-0.2, 0) is 4.79 Å². The van der Waals surface area contributed by atoms with E-state index < -0.39 is 0 Å². The van der Waals surface area contributed by atoms with E-state index in [1.54, 1.807) is 11.3 Å². The molecule has 32 heavy (non-hydrogen) atoms. The fourth-order valence-corrected chi connectivity index (χ4v) is 5.53. The average molecular weight is 457 g/mol. The molecule has 158 valence electrons.